The van der Waals surface area contributed by atoms with Crippen molar-refractivity contribution in [3.8, 4) is 0 Å². The standard InChI is InChI=1S/C7H13NO2/c1-5(2)7(10)8(4)6(3)9/h5H,1-4H3. The van der Waals surface area contributed by atoms with Gasteiger partial charge in [-0.2, -0.15) is 0 Å². The maximum Gasteiger partial charge on any atom is 0.231 e. The number of rotatable bonds is 1. The molecule has 0 aromatic carbocycles. The zero-order valence-corrected chi connectivity index (χ0v) is 6.84. The van der Waals surface area contributed by atoms with E-state index >= 15 is 0 Å². The van der Waals surface area contributed by atoms with E-state index in [2.05, 4.69) is 0 Å². The van der Waals surface area contributed by atoms with Crippen LogP contribution >= 0.6 is 0 Å². The topological polar surface area (TPSA) is 37.4 Å². The fourth-order valence-electron chi connectivity index (χ4n) is 0.542. The van der Waals surface area contributed by atoms with E-state index < -0.39 is 0 Å². The molecule has 0 rings (SSSR count). The minimum absolute atomic E-state index is 0.103. The smallest absolute Gasteiger partial charge is 0.231 e. The van der Waals surface area contributed by atoms with Crippen molar-refractivity contribution in [2.45, 2.75) is 20.8 Å². The molecular formula is C7H13NO2. The van der Waals surface area contributed by atoms with Crippen LogP contribution in [0.5, 0.6) is 0 Å². The Morgan fingerprint density at radius 2 is 1.70 bits per heavy atom. The molecule has 3 heteroatoms. The van der Waals surface area contributed by atoms with Crippen molar-refractivity contribution in [1.82, 2.24) is 4.90 Å². The number of carbonyl (C=O) groups excluding carboxylic acids is 2. The van der Waals surface area contributed by atoms with Gasteiger partial charge in [0.05, 0.1) is 0 Å². The first-order chi connectivity index (χ1) is 4.46. The highest BCUT2D eigenvalue weighted by Crippen LogP contribution is 1.98. The molecule has 0 fully saturated rings. The molecule has 0 N–H and O–H groups in total. The van der Waals surface area contributed by atoms with E-state index in [1.807, 2.05) is 0 Å². The molecule has 0 radical (unpaired) electrons. The second kappa shape index (κ2) is 3.34. The van der Waals surface area contributed by atoms with Gasteiger partial charge in [-0.05, 0) is 0 Å². The highest BCUT2D eigenvalue weighted by Gasteiger charge is 2.15. The molecule has 0 unspecified atom stereocenters. The van der Waals surface area contributed by atoms with Gasteiger partial charge in [0, 0.05) is 19.9 Å². The summed E-state index contributed by atoms with van der Waals surface area (Å²) in [6.45, 7) is 4.91. The first-order valence-corrected chi connectivity index (χ1v) is 3.25. The van der Waals surface area contributed by atoms with Crippen molar-refractivity contribution < 1.29 is 9.59 Å². The van der Waals surface area contributed by atoms with E-state index in [1.165, 1.54) is 14.0 Å². The summed E-state index contributed by atoms with van der Waals surface area (Å²) in [5, 5.41) is 0. The van der Waals surface area contributed by atoms with E-state index in [0.29, 0.717) is 0 Å². The average molecular weight is 143 g/mol. The maximum atomic E-state index is 11.0. The van der Waals surface area contributed by atoms with Gasteiger partial charge in [-0.1, -0.05) is 13.8 Å². The van der Waals surface area contributed by atoms with Gasteiger partial charge in [-0.15, -0.1) is 0 Å². The fraction of sp³-hybridized carbons (Fsp3) is 0.714. The van der Waals surface area contributed by atoms with Gasteiger partial charge in [0.15, 0.2) is 0 Å². The van der Waals surface area contributed by atoms with Crippen LogP contribution in [0, 0.1) is 5.92 Å². The van der Waals surface area contributed by atoms with Crippen molar-refractivity contribution >= 4 is 11.8 Å². The van der Waals surface area contributed by atoms with Gasteiger partial charge in [-0.25, -0.2) is 0 Å². The highest BCUT2D eigenvalue weighted by atomic mass is 16.2. The summed E-state index contributed by atoms with van der Waals surface area (Å²) >= 11 is 0. The molecule has 58 valence electrons. The van der Waals surface area contributed by atoms with Crippen molar-refractivity contribution in [2.75, 3.05) is 7.05 Å². The van der Waals surface area contributed by atoms with Crippen LogP contribution in [0.4, 0.5) is 0 Å². The van der Waals surface area contributed by atoms with Gasteiger partial charge in [0.2, 0.25) is 11.8 Å². The summed E-state index contributed by atoms with van der Waals surface area (Å²) in [5.74, 6) is -0.444. The third-order valence-corrected chi connectivity index (χ3v) is 1.30. The van der Waals surface area contributed by atoms with Crippen LogP contribution in [0.1, 0.15) is 20.8 Å². The first kappa shape index (κ1) is 9.14. The summed E-state index contributed by atoms with van der Waals surface area (Å²) in [7, 11) is 1.49. The lowest BCUT2D eigenvalue weighted by Crippen LogP contribution is -2.34. The lowest BCUT2D eigenvalue weighted by atomic mass is 10.2. The van der Waals surface area contributed by atoms with E-state index in [4.69, 9.17) is 0 Å². The van der Waals surface area contributed by atoms with Gasteiger partial charge in [0.25, 0.3) is 0 Å². The molecule has 0 aromatic heterocycles. The number of hydrogen-bond acceptors (Lipinski definition) is 2. The van der Waals surface area contributed by atoms with Crippen LogP contribution in [0.25, 0.3) is 0 Å². The molecule has 0 saturated carbocycles. The predicted octanol–water partition coefficient (Wildman–Crippen LogP) is 0.647. The molecule has 0 atom stereocenters. The molecular weight excluding hydrogens is 130 g/mol. The monoisotopic (exact) mass is 143 g/mol. The van der Waals surface area contributed by atoms with Crippen molar-refractivity contribution in [2.24, 2.45) is 5.92 Å². The minimum Gasteiger partial charge on any atom is -0.286 e. The van der Waals surface area contributed by atoms with E-state index in [1.54, 1.807) is 13.8 Å². The van der Waals surface area contributed by atoms with Crippen LogP contribution in [0.2, 0.25) is 0 Å². The zero-order valence-electron chi connectivity index (χ0n) is 6.84. The van der Waals surface area contributed by atoms with Crippen LogP contribution in [-0.2, 0) is 9.59 Å². The van der Waals surface area contributed by atoms with Gasteiger partial charge in [0.1, 0.15) is 0 Å². The van der Waals surface area contributed by atoms with Gasteiger partial charge < -0.3 is 0 Å². The second-order valence-corrected chi connectivity index (χ2v) is 2.57. The van der Waals surface area contributed by atoms with Crippen molar-refractivity contribution in [3.63, 3.8) is 0 Å². The summed E-state index contributed by atoms with van der Waals surface area (Å²) in [5.41, 5.74) is 0. The molecule has 0 bridgehead atoms. The Bertz CT molecular complexity index is 152. The number of nitrogens with zero attached hydrogens (tertiary/aromatic N) is 1. The zero-order chi connectivity index (χ0) is 8.31. The molecule has 0 aliphatic heterocycles. The summed E-state index contributed by atoms with van der Waals surface area (Å²) in [6.07, 6.45) is 0. The lowest BCUT2D eigenvalue weighted by Gasteiger charge is -2.14. The first-order valence-electron chi connectivity index (χ1n) is 3.25. The lowest BCUT2D eigenvalue weighted by molar-refractivity contribution is -0.143. The van der Waals surface area contributed by atoms with Gasteiger partial charge >= 0.3 is 0 Å². The SMILES string of the molecule is CC(=O)N(C)C(=O)C(C)C. The average Bonchev–Trinajstić information content (AvgIpc) is 1.84. The molecule has 2 amide bonds. The molecule has 10 heavy (non-hydrogen) atoms. The summed E-state index contributed by atoms with van der Waals surface area (Å²) in [6, 6.07) is 0. The van der Waals surface area contributed by atoms with Crippen LogP contribution < -0.4 is 0 Å². The van der Waals surface area contributed by atoms with Crippen LogP contribution in [0.15, 0.2) is 0 Å². The predicted molar refractivity (Wildman–Crippen MR) is 38.3 cm³/mol. The molecule has 3 nitrogen and oxygen atoms in total. The largest absolute Gasteiger partial charge is 0.286 e. The number of carbonyl (C=O) groups is 2. The van der Waals surface area contributed by atoms with Gasteiger partial charge in [-0.3, -0.25) is 14.5 Å². The number of imide groups is 1. The van der Waals surface area contributed by atoms with E-state index in [0.717, 1.165) is 4.90 Å². The fourth-order valence-corrected chi connectivity index (χ4v) is 0.542. The third-order valence-electron chi connectivity index (χ3n) is 1.30. The Kier molecular flexibility index (Phi) is 3.06. The quantitative estimate of drug-likeness (QED) is 0.540. The summed E-state index contributed by atoms with van der Waals surface area (Å²) in [4.78, 5) is 22.7. The third kappa shape index (κ3) is 2.17. The Hall–Kier alpha value is -0.860. The Morgan fingerprint density at radius 1 is 1.30 bits per heavy atom. The van der Waals surface area contributed by atoms with Crippen LogP contribution in [0.3, 0.4) is 0 Å². The molecule has 0 heterocycles. The van der Waals surface area contributed by atoms with Crippen molar-refractivity contribution in [1.29, 1.82) is 0 Å². The number of hydrogen-bond donors (Lipinski definition) is 0. The van der Waals surface area contributed by atoms with Crippen molar-refractivity contribution in [3.05, 3.63) is 0 Å². The molecule has 0 aromatic rings. The normalized spacial score (nSPS) is 9.70. The Balaban J connectivity index is 4.08. The molecule has 0 spiro atoms. The Morgan fingerprint density at radius 3 is 1.80 bits per heavy atom. The molecule has 0 aliphatic carbocycles. The highest BCUT2D eigenvalue weighted by molar-refractivity contribution is 5.94. The minimum atomic E-state index is -0.210. The van der Waals surface area contributed by atoms with Crippen LogP contribution in [-0.4, -0.2) is 23.8 Å². The number of amides is 2. The molecule has 0 saturated heterocycles. The second-order valence-electron chi connectivity index (χ2n) is 2.57. The maximum absolute atomic E-state index is 11.0. The van der Waals surface area contributed by atoms with E-state index in [-0.39, 0.29) is 17.7 Å². The van der Waals surface area contributed by atoms with E-state index in [9.17, 15) is 9.59 Å². The summed E-state index contributed by atoms with van der Waals surface area (Å²) < 4.78 is 0. The Labute approximate surface area is 61.0 Å². The molecule has 0 aliphatic rings.